The summed E-state index contributed by atoms with van der Waals surface area (Å²) in [5.74, 6) is 0. The maximum absolute atomic E-state index is 3.77. The summed E-state index contributed by atoms with van der Waals surface area (Å²) >= 11 is 0. The van der Waals surface area contributed by atoms with Crippen molar-refractivity contribution in [3.8, 4) is 0 Å². The Morgan fingerprint density at radius 2 is 2.12 bits per heavy atom. The van der Waals surface area contributed by atoms with Crippen LogP contribution in [0, 0.1) is 0 Å². The maximum Gasteiger partial charge on any atom is 0.0306 e. The summed E-state index contributed by atoms with van der Waals surface area (Å²) in [5.41, 5.74) is 0.437. The lowest BCUT2D eigenvalue weighted by atomic mass is 9.92. The van der Waals surface area contributed by atoms with Gasteiger partial charge in [0.1, 0.15) is 0 Å². The van der Waals surface area contributed by atoms with E-state index in [0.717, 1.165) is 12.1 Å². The zero-order chi connectivity index (χ0) is 11.6. The van der Waals surface area contributed by atoms with Crippen LogP contribution in [0.4, 0.5) is 0 Å². The number of nitrogens with zero attached hydrogens (tertiary/aromatic N) is 1. The van der Waals surface area contributed by atoms with Gasteiger partial charge in [0.15, 0.2) is 0 Å². The number of nitrogens with one attached hydrogen (secondary N) is 1. The van der Waals surface area contributed by atoms with Crippen molar-refractivity contribution in [3.05, 3.63) is 0 Å². The van der Waals surface area contributed by atoms with Crippen molar-refractivity contribution in [3.63, 3.8) is 0 Å². The van der Waals surface area contributed by atoms with Crippen molar-refractivity contribution in [2.45, 2.75) is 76.9 Å². The van der Waals surface area contributed by atoms with E-state index in [0.29, 0.717) is 5.54 Å². The van der Waals surface area contributed by atoms with E-state index in [1.54, 1.807) is 0 Å². The standard InChI is InChI=1S/C14H28N2/c1-4-13-8-7-12(3)16(13)11-14(5-2)9-6-10-15-14/h12-13,15H,4-11H2,1-3H3. The summed E-state index contributed by atoms with van der Waals surface area (Å²) in [5, 5.41) is 3.77. The molecule has 0 amide bonds. The Bertz CT molecular complexity index is 221. The fourth-order valence-corrected chi connectivity index (χ4v) is 3.62. The van der Waals surface area contributed by atoms with Crippen LogP contribution in [0.2, 0.25) is 0 Å². The summed E-state index contributed by atoms with van der Waals surface area (Å²) in [6.45, 7) is 9.61. The maximum atomic E-state index is 3.77. The molecule has 2 aliphatic rings. The Balaban J connectivity index is 2.01. The molecule has 0 spiro atoms. The van der Waals surface area contributed by atoms with Crippen molar-refractivity contribution in [1.82, 2.24) is 10.2 Å². The molecule has 2 aliphatic heterocycles. The molecule has 1 N–H and O–H groups in total. The minimum atomic E-state index is 0.437. The molecule has 2 saturated heterocycles. The third-order valence-corrected chi connectivity index (χ3v) is 4.92. The highest BCUT2D eigenvalue weighted by Crippen LogP contribution is 2.31. The van der Waals surface area contributed by atoms with Gasteiger partial charge in [0.25, 0.3) is 0 Å². The van der Waals surface area contributed by atoms with Gasteiger partial charge in [-0.15, -0.1) is 0 Å². The quantitative estimate of drug-likeness (QED) is 0.790. The lowest BCUT2D eigenvalue weighted by Crippen LogP contribution is -2.52. The summed E-state index contributed by atoms with van der Waals surface area (Å²) in [7, 11) is 0. The van der Waals surface area contributed by atoms with Gasteiger partial charge in [0.05, 0.1) is 0 Å². The number of rotatable bonds is 4. The highest BCUT2D eigenvalue weighted by molar-refractivity contribution is 4.98. The lowest BCUT2D eigenvalue weighted by Gasteiger charge is -2.38. The van der Waals surface area contributed by atoms with Crippen LogP contribution in [-0.4, -0.2) is 35.6 Å². The minimum Gasteiger partial charge on any atom is -0.310 e. The molecular formula is C14H28N2. The molecule has 0 aromatic carbocycles. The van der Waals surface area contributed by atoms with Gasteiger partial charge in [-0.25, -0.2) is 0 Å². The van der Waals surface area contributed by atoms with Crippen LogP contribution in [0.1, 0.15) is 59.3 Å². The Kier molecular flexibility index (Phi) is 3.91. The molecule has 2 fully saturated rings. The van der Waals surface area contributed by atoms with Crippen LogP contribution in [0.3, 0.4) is 0 Å². The zero-order valence-electron chi connectivity index (χ0n) is 11.3. The van der Waals surface area contributed by atoms with Gasteiger partial charge in [-0.05, 0) is 52.0 Å². The van der Waals surface area contributed by atoms with Gasteiger partial charge in [0, 0.05) is 24.2 Å². The average molecular weight is 224 g/mol. The molecule has 0 aromatic heterocycles. The van der Waals surface area contributed by atoms with Crippen molar-refractivity contribution in [2.24, 2.45) is 0 Å². The highest BCUT2D eigenvalue weighted by atomic mass is 15.2. The van der Waals surface area contributed by atoms with Crippen LogP contribution in [0.15, 0.2) is 0 Å². The van der Waals surface area contributed by atoms with Gasteiger partial charge in [0.2, 0.25) is 0 Å². The number of hydrogen-bond donors (Lipinski definition) is 1. The Morgan fingerprint density at radius 3 is 2.69 bits per heavy atom. The van der Waals surface area contributed by atoms with E-state index >= 15 is 0 Å². The molecule has 3 unspecified atom stereocenters. The molecule has 0 radical (unpaired) electrons. The first-order valence-electron chi connectivity index (χ1n) is 7.21. The van der Waals surface area contributed by atoms with Crippen molar-refractivity contribution in [2.75, 3.05) is 13.1 Å². The van der Waals surface area contributed by atoms with E-state index < -0.39 is 0 Å². The first-order valence-corrected chi connectivity index (χ1v) is 7.21. The van der Waals surface area contributed by atoms with Gasteiger partial charge in [-0.3, -0.25) is 4.90 Å². The van der Waals surface area contributed by atoms with Crippen LogP contribution >= 0.6 is 0 Å². The smallest absolute Gasteiger partial charge is 0.0306 e. The fraction of sp³-hybridized carbons (Fsp3) is 1.00. The van der Waals surface area contributed by atoms with E-state index in [1.807, 2.05) is 0 Å². The van der Waals surface area contributed by atoms with Crippen LogP contribution in [0.5, 0.6) is 0 Å². The SMILES string of the molecule is CCC1CCC(C)N1CC1(CC)CCCN1. The molecule has 2 rings (SSSR count). The Labute approximate surface area is 101 Å². The molecule has 3 atom stereocenters. The predicted octanol–water partition coefficient (Wildman–Crippen LogP) is 2.78. The monoisotopic (exact) mass is 224 g/mol. The van der Waals surface area contributed by atoms with Gasteiger partial charge >= 0.3 is 0 Å². The first-order chi connectivity index (χ1) is 7.71. The number of hydrogen-bond acceptors (Lipinski definition) is 2. The highest BCUT2D eigenvalue weighted by Gasteiger charge is 2.38. The molecule has 16 heavy (non-hydrogen) atoms. The first kappa shape index (κ1) is 12.4. The number of likely N-dealkylation sites (tertiary alicyclic amines) is 1. The van der Waals surface area contributed by atoms with E-state index in [2.05, 4.69) is 31.0 Å². The third-order valence-electron chi connectivity index (χ3n) is 4.92. The van der Waals surface area contributed by atoms with E-state index in [1.165, 1.54) is 51.6 Å². The Hall–Kier alpha value is -0.0800. The van der Waals surface area contributed by atoms with Crippen LogP contribution in [0.25, 0.3) is 0 Å². The van der Waals surface area contributed by atoms with E-state index in [-0.39, 0.29) is 0 Å². The van der Waals surface area contributed by atoms with Crippen molar-refractivity contribution in [1.29, 1.82) is 0 Å². The molecule has 0 aliphatic carbocycles. The molecule has 0 aromatic rings. The van der Waals surface area contributed by atoms with E-state index in [4.69, 9.17) is 0 Å². The van der Waals surface area contributed by atoms with Crippen molar-refractivity contribution >= 4 is 0 Å². The van der Waals surface area contributed by atoms with E-state index in [9.17, 15) is 0 Å². The molecule has 0 bridgehead atoms. The van der Waals surface area contributed by atoms with Crippen molar-refractivity contribution < 1.29 is 0 Å². The second-order valence-corrected chi connectivity index (χ2v) is 5.82. The average Bonchev–Trinajstić information content (AvgIpc) is 2.89. The normalized spacial score (nSPS) is 40.7. The third kappa shape index (κ3) is 2.28. The molecule has 2 nitrogen and oxygen atoms in total. The summed E-state index contributed by atoms with van der Waals surface area (Å²) in [6, 6.07) is 1.65. The zero-order valence-corrected chi connectivity index (χ0v) is 11.3. The summed E-state index contributed by atoms with van der Waals surface area (Å²) < 4.78 is 0. The van der Waals surface area contributed by atoms with Crippen LogP contribution < -0.4 is 5.32 Å². The van der Waals surface area contributed by atoms with Gasteiger partial charge in [-0.1, -0.05) is 13.8 Å². The molecule has 0 saturated carbocycles. The molecule has 2 heteroatoms. The molecule has 94 valence electrons. The topological polar surface area (TPSA) is 15.3 Å². The Morgan fingerprint density at radius 1 is 1.31 bits per heavy atom. The second kappa shape index (κ2) is 5.05. The van der Waals surface area contributed by atoms with Gasteiger partial charge in [-0.2, -0.15) is 0 Å². The molecular weight excluding hydrogens is 196 g/mol. The summed E-state index contributed by atoms with van der Waals surface area (Å²) in [4.78, 5) is 2.78. The predicted molar refractivity (Wildman–Crippen MR) is 69.7 cm³/mol. The van der Waals surface area contributed by atoms with Gasteiger partial charge < -0.3 is 5.32 Å². The fourth-order valence-electron chi connectivity index (χ4n) is 3.62. The summed E-state index contributed by atoms with van der Waals surface area (Å²) in [6.07, 6.45) is 8.17. The minimum absolute atomic E-state index is 0.437. The second-order valence-electron chi connectivity index (χ2n) is 5.82. The largest absolute Gasteiger partial charge is 0.310 e. The lowest BCUT2D eigenvalue weighted by molar-refractivity contribution is 0.138. The molecule has 2 heterocycles. The van der Waals surface area contributed by atoms with Crippen LogP contribution in [-0.2, 0) is 0 Å².